The van der Waals surface area contributed by atoms with Crippen LogP contribution in [-0.4, -0.2) is 29.2 Å². The summed E-state index contributed by atoms with van der Waals surface area (Å²) in [5, 5.41) is 9.76. The molecule has 5 heteroatoms. The highest BCUT2D eigenvalue weighted by Crippen LogP contribution is 2.21. The molecule has 0 amide bonds. The molecule has 2 aromatic rings. The van der Waals surface area contributed by atoms with Crippen LogP contribution in [-0.2, 0) is 11.3 Å². The van der Waals surface area contributed by atoms with Crippen LogP contribution in [0.15, 0.2) is 35.1 Å². The van der Waals surface area contributed by atoms with Crippen LogP contribution in [0.25, 0.3) is 10.9 Å². The second-order valence-corrected chi connectivity index (χ2v) is 5.49. The molecule has 0 spiro atoms. The summed E-state index contributed by atoms with van der Waals surface area (Å²) in [5.74, 6) is -0.805. The Morgan fingerprint density at radius 3 is 2.73 bits per heavy atom. The normalized spacial score (nSPS) is 10.8. The van der Waals surface area contributed by atoms with Crippen LogP contribution in [0.1, 0.15) is 26.2 Å². The molecular formula is C17H22N2O3. The average molecular weight is 302 g/mol. The third kappa shape index (κ3) is 3.67. The largest absolute Gasteiger partial charge is 0.481 e. The zero-order chi connectivity index (χ0) is 16.1. The number of carboxylic acids is 1. The first-order valence-corrected chi connectivity index (χ1v) is 7.59. The summed E-state index contributed by atoms with van der Waals surface area (Å²) in [4.78, 5) is 24.6. The van der Waals surface area contributed by atoms with Crippen molar-refractivity contribution in [3.63, 3.8) is 0 Å². The standard InChI is InChI=1S/C17H22N2O3/c1-3-4-10-19-15-7-6-14(18(2)11-9-17(21)22)12-13(15)5-8-16(19)20/h5-8,12H,3-4,9-11H2,1-2H3,(H,21,22). The van der Waals surface area contributed by atoms with Crippen LogP contribution in [0.5, 0.6) is 0 Å². The van der Waals surface area contributed by atoms with Crippen molar-refractivity contribution < 1.29 is 9.90 Å². The maximum Gasteiger partial charge on any atom is 0.305 e. The number of nitrogens with zero attached hydrogens (tertiary/aromatic N) is 2. The van der Waals surface area contributed by atoms with Crippen molar-refractivity contribution in [2.45, 2.75) is 32.7 Å². The molecule has 0 saturated heterocycles. The van der Waals surface area contributed by atoms with Gasteiger partial charge < -0.3 is 14.6 Å². The molecule has 0 bridgehead atoms. The second-order valence-electron chi connectivity index (χ2n) is 5.49. The Labute approximate surface area is 129 Å². The lowest BCUT2D eigenvalue weighted by Crippen LogP contribution is -2.22. The predicted octanol–water partition coefficient (Wildman–Crippen LogP) is 2.71. The van der Waals surface area contributed by atoms with Gasteiger partial charge >= 0.3 is 5.97 Å². The molecule has 22 heavy (non-hydrogen) atoms. The van der Waals surface area contributed by atoms with Crippen LogP contribution in [0.4, 0.5) is 5.69 Å². The average Bonchev–Trinajstić information content (AvgIpc) is 2.51. The SMILES string of the molecule is CCCCn1c(=O)ccc2cc(N(C)CCC(=O)O)ccc21. The summed E-state index contributed by atoms with van der Waals surface area (Å²) in [6.07, 6.45) is 2.11. The predicted molar refractivity (Wildman–Crippen MR) is 88.6 cm³/mol. The molecule has 1 aromatic carbocycles. The minimum Gasteiger partial charge on any atom is -0.481 e. The summed E-state index contributed by atoms with van der Waals surface area (Å²) in [6, 6.07) is 9.30. The lowest BCUT2D eigenvalue weighted by molar-refractivity contribution is -0.136. The van der Waals surface area contributed by atoms with E-state index < -0.39 is 5.97 Å². The molecule has 0 unspecified atom stereocenters. The van der Waals surface area contributed by atoms with Gasteiger partial charge in [-0.2, -0.15) is 0 Å². The number of aryl methyl sites for hydroxylation is 1. The monoisotopic (exact) mass is 302 g/mol. The summed E-state index contributed by atoms with van der Waals surface area (Å²) in [6.45, 7) is 3.28. The van der Waals surface area contributed by atoms with Crippen LogP contribution in [0, 0.1) is 0 Å². The highest BCUT2D eigenvalue weighted by molar-refractivity contribution is 5.83. The van der Waals surface area contributed by atoms with E-state index in [1.54, 1.807) is 10.6 Å². The zero-order valence-electron chi connectivity index (χ0n) is 13.1. The summed E-state index contributed by atoms with van der Waals surface area (Å²) in [5.41, 5.74) is 1.90. The van der Waals surface area contributed by atoms with Crippen LogP contribution < -0.4 is 10.5 Å². The fourth-order valence-corrected chi connectivity index (χ4v) is 2.47. The van der Waals surface area contributed by atoms with Crippen LogP contribution >= 0.6 is 0 Å². The van der Waals surface area contributed by atoms with Crippen molar-refractivity contribution in [3.05, 3.63) is 40.7 Å². The highest BCUT2D eigenvalue weighted by atomic mass is 16.4. The van der Waals surface area contributed by atoms with Crippen LogP contribution in [0.2, 0.25) is 0 Å². The van der Waals surface area contributed by atoms with Crippen LogP contribution in [0.3, 0.4) is 0 Å². The topological polar surface area (TPSA) is 62.5 Å². The van der Waals surface area contributed by atoms with Gasteiger partial charge in [0.2, 0.25) is 0 Å². The van der Waals surface area contributed by atoms with E-state index in [1.807, 2.05) is 36.2 Å². The first kappa shape index (κ1) is 16.1. The molecule has 0 aliphatic heterocycles. The fraction of sp³-hybridized carbons (Fsp3) is 0.412. The Morgan fingerprint density at radius 1 is 1.27 bits per heavy atom. The van der Waals surface area contributed by atoms with Gasteiger partial charge in [-0.15, -0.1) is 0 Å². The molecule has 0 aliphatic carbocycles. The van der Waals surface area contributed by atoms with E-state index in [0.29, 0.717) is 6.54 Å². The van der Waals surface area contributed by atoms with E-state index >= 15 is 0 Å². The number of rotatable bonds is 7. The maximum absolute atomic E-state index is 12.0. The van der Waals surface area contributed by atoms with Gasteiger partial charge in [0.15, 0.2) is 0 Å². The number of fused-ring (bicyclic) bond motifs is 1. The molecule has 0 saturated carbocycles. The van der Waals surface area contributed by atoms with Crippen molar-refractivity contribution in [3.8, 4) is 0 Å². The smallest absolute Gasteiger partial charge is 0.305 e. The first-order valence-electron chi connectivity index (χ1n) is 7.59. The number of carbonyl (C=O) groups is 1. The Morgan fingerprint density at radius 2 is 2.05 bits per heavy atom. The van der Waals surface area contributed by atoms with E-state index in [-0.39, 0.29) is 12.0 Å². The maximum atomic E-state index is 12.0. The molecule has 0 atom stereocenters. The number of benzene rings is 1. The highest BCUT2D eigenvalue weighted by Gasteiger charge is 2.07. The summed E-state index contributed by atoms with van der Waals surface area (Å²) >= 11 is 0. The van der Waals surface area contributed by atoms with Crippen molar-refractivity contribution in [2.75, 3.05) is 18.5 Å². The van der Waals surface area contributed by atoms with E-state index in [0.717, 1.165) is 36.0 Å². The Balaban J connectivity index is 2.33. The number of carboxylic acid groups (broad SMARTS) is 1. The lowest BCUT2D eigenvalue weighted by Gasteiger charge is -2.19. The third-order valence-electron chi connectivity index (χ3n) is 3.81. The van der Waals surface area contributed by atoms with Gasteiger partial charge in [0.25, 0.3) is 5.56 Å². The second kappa shape index (κ2) is 7.11. The number of anilines is 1. The van der Waals surface area contributed by atoms with Gasteiger partial charge in [-0.05, 0) is 30.7 Å². The van der Waals surface area contributed by atoms with Gasteiger partial charge in [-0.3, -0.25) is 9.59 Å². The zero-order valence-corrected chi connectivity index (χ0v) is 13.1. The Bertz CT molecular complexity index is 721. The Kier molecular flexibility index (Phi) is 5.20. The van der Waals surface area contributed by atoms with Crippen molar-refractivity contribution in [1.82, 2.24) is 4.57 Å². The molecule has 1 aromatic heterocycles. The van der Waals surface area contributed by atoms with Gasteiger partial charge in [-0.25, -0.2) is 0 Å². The summed E-state index contributed by atoms with van der Waals surface area (Å²) in [7, 11) is 1.87. The number of pyridine rings is 1. The molecular weight excluding hydrogens is 280 g/mol. The van der Waals surface area contributed by atoms with Gasteiger partial charge in [0.05, 0.1) is 11.9 Å². The fourth-order valence-electron chi connectivity index (χ4n) is 2.47. The molecule has 5 nitrogen and oxygen atoms in total. The van der Waals surface area contributed by atoms with Crippen molar-refractivity contribution in [2.24, 2.45) is 0 Å². The van der Waals surface area contributed by atoms with E-state index in [4.69, 9.17) is 5.11 Å². The number of hydrogen-bond donors (Lipinski definition) is 1. The minimum atomic E-state index is -0.805. The number of unbranched alkanes of at least 4 members (excludes halogenated alkanes) is 1. The third-order valence-corrected chi connectivity index (χ3v) is 3.81. The molecule has 0 fully saturated rings. The van der Waals surface area contributed by atoms with E-state index in [1.165, 1.54) is 0 Å². The minimum absolute atomic E-state index is 0.0212. The number of aromatic nitrogens is 1. The molecule has 1 N–H and O–H groups in total. The lowest BCUT2D eigenvalue weighted by atomic mass is 10.1. The molecule has 2 rings (SSSR count). The van der Waals surface area contributed by atoms with Gasteiger partial charge in [0.1, 0.15) is 0 Å². The van der Waals surface area contributed by atoms with E-state index in [2.05, 4.69) is 6.92 Å². The number of aliphatic carboxylic acids is 1. The Hall–Kier alpha value is -2.30. The summed E-state index contributed by atoms with van der Waals surface area (Å²) < 4.78 is 1.81. The van der Waals surface area contributed by atoms with E-state index in [9.17, 15) is 9.59 Å². The number of hydrogen-bond acceptors (Lipinski definition) is 3. The molecule has 0 aliphatic rings. The first-order chi connectivity index (χ1) is 10.5. The molecule has 1 heterocycles. The van der Waals surface area contributed by atoms with Gasteiger partial charge in [0, 0.05) is 37.3 Å². The van der Waals surface area contributed by atoms with Crippen molar-refractivity contribution in [1.29, 1.82) is 0 Å². The molecule has 118 valence electrons. The van der Waals surface area contributed by atoms with Crippen molar-refractivity contribution >= 4 is 22.6 Å². The molecule has 0 radical (unpaired) electrons. The quantitative estimate of drug-likeness (QED) is 0.854. The van der Waals surface area contributed by atoms with Gasteiger partial charge in [-0.1, -0.05) is 13.3 Å².